The number of hydrogen-bond donors (Lipinski definition) is 2. The van der Waals surface area contributed by atoms with Crippen LogP contribution in [0.1, 0.15) is 38.2 Å². The van der Waals surface area contributed by atoms with Crippen molar-refractivity contribution in [2.45, 2.75) is 51.1 Å². The fourth-order valence-electron chi connectivity index (χ4n) is 3.27. The minimum atomic E-state index is -0.520. The number of phenolic OH excluding ortho intramolecular Hbond substituents is 1. The largest absolute Gasteiger partial charge is 0.508 e. The van der Waals surface area contributed by atoms with Gasteiger partial charge in [-0.25, -0.2) is 0 Å². The number of nitrogens with two attached hydrogens (primary N) is 1. The van der Waals surface area contributed by atoms with Crippen molar-refractivity contribution in [3.05, 3.63) is 29.8 Å². The number of rotatable bonds is 4. The highest BCUT2D eigenvalue weighted by atomic mass is 16.3. The number of carbonyl (C=O) groups is 1. The molecule has 21 heavy (non-hydrogen) atoms. The van der Waals surface area contributed by atoms with Gasteiger partial charge in [0.2, 0.25) is 5.91 Å². The summed E-state index contributed by atoms with van der Waals surface area (Å²) in [6.07, 6.45) is 5.23. The van der Waals surface area contributed by atoms with Crippen LogP contribution in [0.4, 0.5) is 0 Å². The molecule has 1 saturated carbocycles. The average molecular weight is 290 g/mol. The van der Waals surface area contributed by atoms with Gasteiger partial charge in [-0.3, -0.25) is 4.79 Å². The predicted molar refractivity (Wildman–Crippen MR) is 84.0 cm³/mol. The van der Waals surface area contributed by atoms with E-state index in [0.29, 0.717) is 18.4 Å². The molecule has 1 aliphatic rings. The van der Waals surface area contributed by atoms with Crippen LogP contribution in [-0.2, 0) is 11.2 Å². The van der Waals surface area contributed by atoms with Crippen molar-refractivity contribution in [1.82, 2.24) is 4.90 Å². The van der Waals surface area contributed by atoms with Crippen molar-refractivity contribution in [3.63, 3.8) is 0 Å². The van der Waals surface area contributed by atoms with E-state index in [1.165, 1.54) is 19.3 Å². The summed E-state index contributed by atoms with van der Waals surface area (Å²) in [7, 11) is 1.88. The van der Waals surface area contributed by atoms with Crippen LogP contribution in [0.2, 0.25) is 0 Å². The van der Waals surface area contributed by atoms with Crippen LogP contribution in [0.5, 0.6) is 5.75 Å². The fourth-order valence-corrected chi connectivity index (χ4v) is 3.27. The van der Waals surface area contributed by atoms with Crippen LogP contribution in [-0.4, -0.2) is 35.0 Å². The Labute approximate surface area is 126 Å². The second kappa shape index (κ2) is 6.94. The molecule has 3 N–H and O–H groups in total. The monoisotopic (exact) mass is 290 g/mol. The highest BCUT2D eigenvalue weighted by Crippen LogP contribution is 2.27. The molecule has 0 radical (unpaired) electrons. The first-order valence-electron chi connectivity index (χ1n) is 7.79. The standard InChI is InChI=1S/C17H26N2O2/c1-12-5-3-4-6-16(12)19(2)17(21)15(18)11-13-7-9-14(20)10-8-13/h7-10,12,15-16,20H,3-6,11,18H2,1-2H3/t12?,15-,16?/m1/s1. The summed E-state index contributed by atoms with van der Waals surface area (Å²) in [6, 6.07) is 6.67. The molecule has 1 amide bonds. The third-order valence-corrected chi connectivity index (χ3v) is 4.62. The van der Waals surface area contributed by atoms with Gasteiger partial charge in [-0.05, 0) is 42.9 Å². The van der Waals surface area contributed by atoms with Crippen LogP contribution in [0, 0.1) is 5.92 Å². The molecule has 0 aliphatic heterocycles. The second-order valence-electron chi connectivity index (χ2n) is 6.26. The molecule has 0 bridgehead atoms. The van der Waals surface area contributed by atoms with Crippen molar-refractivity contribution < 1.29 is 9.90 Å². The lowest BCUT2D eigenvalue weighted by molar-refractivity contribution is -0.135. The zero-order valence-electron chi connectivity index (χ0n) is 13.0. The highest BCUT2D eigenvalue weighted by molar-refractivity contribution is 5.82. The van der Waals surface area contributed by atoms with Gasteiger partial charge in [0.15, 0.2) is 0 Å². The molecule has 0 saturated heterocycles. The molecule has 4 nitrogen and oxygen atoms in total. The molecule has 4 heteroatoms. The molecule has 1 aliphatic carbocycles. The second-order valence-corrected chi connectivity index (χ2v) is 6.26. The summed E-state index contributed by atoms with van der Waals surface area (Å²) in [5.41, 5.74) is 7.06. The first-order valence-corrected chi connectivity index (χ1v) is 7.79. The van der Waals surface area contributed by atoms with E-state index >= 15 is 0 Å². The molecule has 0 heterocycles. The molecular weight excluding hydrogens is 264 g/mol. The van der Waals surface area contributed by atoms with Gasteiger partial charge in [-0.2, -0.15) is 0 Å². The number of benzene rings is 1. The number of aromatic hydroxyl groups is 1. The van der Waals surface area contributed by atoms with Gasteiger partial charge in [0.05, 0.1) is 6.04 Å². The minimum absolute atomic E-state index is 0.0156. The molecule has 2 unspecified atom stereocenters. The highest BCUT2D eigenvalue weighted by Gasteiger charge is 2.30. The fraction of sp³-hybridized carbons (Fsp3) is 0.588. The first-order chi connectivity index (χ1) is 9.99. The molecule has 3 atom stereocenters. The van der Waals surface area contributed by atoms with Crippen molar-refractivity contribution >= 4 is 5.91 Å². The van der Waals surface area contributed by atoms with Gasteiger partial charge in [-0.1, -0.05) is 31.9 Å². The Balaban J connectivity index is 1.96. The van der Waals surface area contributed by atoms with Gasteiger partial charge >= 0.3 is 0 Å². The lowest BCUT2D eigenvalue weighted by atomic mass is 9.85. The Hall–Kier alpha value is -1.55. The zero-order chi connectivity index (χ0) is 15.4. The summed E-state index contributed by atoms with van der Waals surface area (Å²) < 4.78 is 0. The summed E-state index contributed by atoms with van der Waals surface area (Å²) >= 11 is 0. The lowest BCUT2D eigenvalue weighted by Crippen LogP contribution is -2.50. The maximum atomic E-state index is 12.5. The quantitative estimate of drug-likeness (QED) is 0.894. The summed E-state index contributed by atoms with van der Waals surface area (Å²) in [5, 5.41) is 9.28. The smallest absolute Gasteiger partial charge is 0.239 e. The van der Waals surface area contributed by atoms with Crippen LogP contribution in [0.3, 0.4) is 0 Å². The molecule has 1 aromatic carbocycles. The van der Waals surface area contributed by atoms with E-state index in [9.17, 15) is 9.90 Å². The number of phenols is 1. The van der Waals surface area contributed by atoms with Gasteiger partial charge in [-0.15, -0.1) is 0 Å². The topological polar surface area (TPSA) is 66.6 Å². The van der Waals surface area contributed by atoms with Crippen LogP contribution < -0.4 is 5.73 Å². The number of amides is 1. The predicted octanol–water partition coefficient (Wildman–Crippen LogP) is 2.30. The number of nitrogens with zero attached hydrogens (tertiary/aromatic N) is 1. The summed E-state index contributed by atoms with van der Waals surface area (Å²) in [4.78, 5) is 14.4. The van der Waals surface area contributed by atoms with E-state index in [4.69, 9.17) is 5.73 Å². The van der Waals surface area contributed by atoms with Crippen LogP contribution in [0.25, 0.3) is 0 Å². The number of hydrogen-bond acceptors (Lipinski definition) is 3. The van der Waals surface area contributed by atoms with E-state index in [0.717, 1.165) is 12.0 Å². The Morgan fingerprint density at radius 2 is 1.95 bits per heavy atom. The van der Waals surface area contributed by atoms with Crippen molar-refractivity contribution in [2.75, 3.05) is 7.05 Å². The van der Waals surface area contributed by atoms with Gasteiger partial charge in [0.25, 0.3) is 0 Å². The van der Waals surface area contributed by atoms with E-state index in [1.807, 2.05) is 24.1 Å². The minimum Gasteiger partial charge on any atom is -0.508 e. The average Bonchev–Trinajstić information content (AvgIpc) is 2.48. The van der Waals surface area contributed by atoms with Gasteiger partial charge in [0, 0.05) is 13.1 Å². The molecule has 0 spiro atoms. The molecule has 0 aromatic heterocycles. The zero-order valence-corrected chi connectivity index (χ0v) is 13.0. The van der Waals surface area contributed by atoms with Crippen molar-refractivity contribution in [3.8, 4) is 5.75 Å². The SMILES string of the molecule is CC1CCCCC1N(C)C(=O)[C@H](N)Cc1ccc(O)cc1. The maximum Gasteiger partial charge on any atom is 0.239 e. The Morgan fingerprint density at radius 1 is 1.33 bits per heavy atom. The summed E-state index contributed by atoms with van der Waals surface area (Å²) in [6.45, 7) is 2.22. The third kappa shape index (κ3) is 3.97. The Bertz CT molecular complexity index is 472. The number of likely N-dealkylation sites (N-methyl/N-ethyl adjacent to an activating group) is 1. The van der Waals surface area contributed by atoms with E-state index in [1.54, 1.807) is 12.1 Å². The Morgan fingerprint density at radius 3 is 2.57 bits per heavy atom. The van der Waals surface area contributed by atoms with Crippen molar-refractivity contribution in [1.29, 1.82) is 0 Å². The molecule has 1 fully saturated rings. The molecule has 116 valence electrons. The van der Waals surface area contributed by atoms with Crippen molar-refractivity contribution in [2.24, 2.45) is 11.7 Å². The summed E-state index contributed by atoms with van der Waals surface area (Å²) in [5.74, 6) is 0.794. The van der Waals surface area contributed by atoms with E-state index in [2.05, 4.69) is 6.92 Å². The maximum absolute atomic E-state index is 12.5. The van der Waals surface area contributed by atoms with E-state index in [-0.39, 0.29) is 11.7 Å². The first kappa shape index (κ1) is 15.8. The van der Waals surface area contributed by atoms with Crippen LogP contribution in [0.15, 0.2) is 24.3 Å². The molecular formula is C17H26N2O2. The van der Waals surface area contributed by atoms with E-state index < -0.39 is 6.04 Å². The third-order valence-electron chi connectivity index (χ3n) is 4.62. The normalized spacial score (nSPS) is 23.6. The van der Waals surface area contributed by atoms with Gasteiger partial charge in [0.1, 0.15) is 5.75 Å². The molecule has 2 rings (SSSR count). The Kier molecular flexibility index (Phi) is 5.23. The van der Waals surface area contributed by atoms with Gasteiger partial charge < -0.3 is 15.7 Å². The van der Waals surface area contributed by atoms with Crippen LogP contribution >= 0.6 is 0 Å². The molecule has 1 aromatic rings. The lowest BCUT2D eigenvalue weighted by Gasteiger charge is -2.37. The number of carbonyl (C=O) groups excluding carboxylic acids is 1.